The molecule has 20 heavy (non-hydrogen) atoms. The summed E-state index contributed by atoms with van der Waals surface area (Å²) in [7, 11) is 1.98. The molecule has 4 nitrogen and oxygen atoms in total. The Morgan fingerprint density at radius 1 is 1.40 bits per heavy atom. The molecule has 1 aromatic heterocycles. The SMILES string of the molecule is CN(CC1CC1)c1nc(-c2ccccc2)c(C(=O)O)s1. The van der Waals surface area contributed by atoms with E-state index in [2.05, 4.69) is 9.88 Å². The maximum absolute atomic E-state index is 11.4. The Morgan fingerprint density at radius 3 is 2.70 bits per heavy atom. The van der Waals surface area contributed by atoms with Gasteiger partial charge in [-0.15, -0.1) is 0 Å². The number of nitrogens with zero attached hydrogens (tertiary/aromatic N) is 2. The first-order chi connectivity index (χ1) is 9.65. The number of hydrogen-bond acceptors (Lipinski definition) is 4. The average molecular weight is 288 g/mol. The van der Waals surface area contributed by atoms with E-state index in [1.807, 2.05) is 37.4 Å². The topological polar surface area (TPSA) is 53.4 Å². The van der Waals surface area contributed by atoms with Gasteiger partial charge in [0.15, 0.2) is 5.13 Å². The zero-order chi connectivity index (χ0) is 14.1. The van der Waals surface area contributed by atoms with E-state index in [0.717, 1.165) is 23.2 Å². The third kappa shape index (κ3) is 2.67. The summed E-state index contributed by atoms with van der Waals surface area (Å²) in [5.41, 5.74) is 1.42. The number of carboxylic acids is 1. The van der Waals surface area contributed by atoms with Crippen molar-refractivity contribution in [1.82, 2.24) is 4.98 Å². The minimum absolute atomic E-state index is 0.314. The van der Waals surface area contributed by atoms with Gasteiger partial charge in [-0.2, -0.15) is 0 Å². The van der Waals surface area contributed by atoms with Crippen LogP contribution in [0.3, 0.4) is 0 Å². The highest BCUT2D eigenvalue weighted by Gasteiger charge is 2.26. The molecule has 0 saturated heterocycles. The highest BCUT2D eigenvalue weighted by atomic mass is 32.1. The van der Waals surface area contributed by atoms with Crippen molar-refractivity contribution in [1.29, 1.82) is 0 Å². The maximum atomic E-state index is 11.4. The lowest BCUT2D eigenvalue weighted by atomic mass is 10.1. The molecule has 1 N–H and O–H groups in total. The van der Waals surface area contributed by atoms with Gasteiger partial charge in [-0.3, -0.25) is 0 Å². The molecule has 1 aliphatic carbocycles. The fourth-order valence-electron chi connectivity index (χ4n) is 2.17. The first-order valence-electron chi connectivity index (χ1n) is 6.66. The maximum Gasteiger partial charge on any atom is 0.348 e. The van der Waals surface area contributed by atoms with E-state index in [1.165, 1.54) is 24.2 Å². The Labute approximate surface area is 121 Å². The molecule has 0 bridgehead atoms. The molecular formula is C15H16N2O2S. The van der Waals surface area contributed by atoms with E-state index >= 15 is 0 Å². The molecule has 0 atom stereocenters. The second kappa shape index (κ2) is 5.25. The molecule has 0 aliphatic heterocycles. The third-order valence-corrected chi connectivity index (χ3v) is 4.57. The molecule has 0 amide bonds. The Kier molecular flexibility index (Phi) is 3.44. The van der Waals surface area contributed by atoms with E-state index in [4.69, 9.17) is 0 Å². The second-order valence-corrected chi connectivity index (χ2v) is 6.15. The van der Waals surface area contributed by atoms with Crippen LogP contribution in [0.25, 0.3) is 11.3 Å². The van der Waals surface area contributed by atoms with Gasteiger partial charge >= 0.3 is 5.97 Å². The lowest BCUT2D eigenvalue weighted by molar-refractivity contribution is 0.0702. The first kappa shape index (κ1) is 13.1. The summed E-state index contributed by atoms with van der Waals surface area (Å²) in [5.74, 6) is -0.162. The average Bonchev–Trinajstić information content (AvgIpc) is 3.14. The van der Waals surface area contributed by atoms with E-state index < -0.39 is 5.97 Å². The summed E-state index contributed by atoms with van der Waals surface area (Å²) < 4.78 is 0. The molecule has 2 aromatic rings. The number of carbonyl (C=O) groups is 1. The minimum atomic E-state index is -0.910. The molecule has 0 radical (unpaired) electrons. The number of aromatic nitrogens is 1. The monoisotopic (exact) mass is 288 g/mol. The highest BCUT2D eigenvalue weighted by molar-refractivity contribution is 7.17. The van der Waals surface area contributed by atoms with Crippen LogP contribution in [-0.4, -0.2) is 29.7 Å². The predicted molar refractivity (Wildman–Crippen MR) is 80.5 cm³/mol. The highest BCUT2D eigenvalue weighted by Crippen LogP contribution is 2.35. The fourth-order valence-corrected chi connectivity index (χ4v) is 3.07. The van der Waals surface area contributed by atoms with Crippen molar-refractivity contribution in [2.75, 3.05) is 18.5 Å². The summed E-state index contributed by atoms with van der Waals surface area (Å²) in [6, 6.07) is 9.50. The Bertz CT molecular complexity index is 620. The van der Waals surface area contributed by atoms with Crippen LogP contribution in [0.15, 0.2) is 30.3 Å². The molecule has 1 saturated carbocycles. The lowest BCUT2D eigenvalue weighted by Gasteiger charge is -2.14. The Morgan fingerprint density at radius 2 is 2.10 bits per heavy atom. The second-order valence-electron chi connectivity index (χ2n) is 5.17. The van der Waals surface area contributed by atoms with Gasteiger partial charge < -0.3 is 10.0 Å². The van der Waals surface area contributed by atoms with Gasteiger partial charge in [0.05, 0.1) is 5.69 Å². The predicted octanol–water partition coefficient (Wildman–Crippen LogP) is 3.35. The molecule has 1 fully saturated rings. The molecule has 1 aromatic carbocycles. The molecule has 0 unspecified atom stereocenters. The van der Waals surface area contributed by atoms with Gasteiger partial charge in [0, 0.05) is 19.2 Å². The van der Waals surface area contributed by atoms with Gasteiger partial charge in [-0.1, -0.05) is 41.7 Å². The van der Waals surface area contributed by atoms with Gasteiger partial charge in [0.2, 0.25) is 0 Å². The molecule has 1 heterocycles. The quantitative estimate of drug-likeness (QED) is 0.916. The molecule has 5 heteroatoms. The van der Waals surface area contributed by atoms with Crippen LogP contribution in [-0.2, 0) is 0 Å². The smallest absolute Gasteiger partial charge is 0.348 e. The summed E-state index contributed by atoms with van der Waals surface area (Å²) in [6.07, 6.45) is 2.54. The van der Waals surface area contributed by atoms with E-state index in [-0.39, 0.29) is 0 Å². The van der Waals surface area contributed by atoms with Gasteiger partial charge in [-0.25, -0.2) is 9.78 Å². The largest absolute Gasteiger partial charge is 0.477 e. The molecule has 1 aliphatic rings. The van der Waals surface area contributed by atoms with Crippen molar-refractivity contribution in [2.24, 2.45) is 5.92 Å². The van der Waals surface area contributed by atoms with Crippen molar-refractivity contribution < 1.29 is 9.90 Å². The van der Waals surface area contributed by atoms with Gasteiger partial charge in [0.25, 0.3) is 0 Å². The zero-order valence-corrected chi connectivity index (χ0v) is 12.1. The zero-order valence-electron chi connectivity index (χ0n) is 11.2. The molecule has 0 spiro atoms. The number of rotatable bonds is 5. The minimum Gasteiger partial charge on any atom is -0.477 e. The number of carboxylic acid groups (broad SMARTS) is 1. The van der Waals surface area contributed by atoms with Crippen LogP contribution in [0, 0.1) is 5.92 Å². The van der Waals surface area contributed by atoms with Crippen LogP contribution < -0.4 is 4.90 Å². The van der Waals surface area contributed by atoms with Crippen molar-refractivity contribution in [2.45, 2.75) is 12.8 Å². The summed E-state index contributed by atoms with van der Waals surface area (Å²) in [6.45, 7) is 0.959. The lowest BCUT2D eigenvalue weighted by Crippen LogP contribution is -2.19. The van der Waals surface area contributed by atoms with Crippen molar-refractivity contribution in [3.05, 3.63) is 35.2 Å². The van der Waals surface area contributed by atoms with Crippen LogP contribution in [0.5, 0.6) is 0 Å². The van der Waals surface area contributed by atoms with Crippen molar-refractivity contribution in [3.8, 4) is 11.3 Å². The number of benzene rings is 1. The van der Waals surface area contributed by atoms with E-state index in [0.29, 0.717) is 10.6 Å². The molecule has 3 rings (SSSR count). The Hall–Kier alpha value is -1.88. The summed E-state index contributed by atoms with van der Waals surface area (Å²) in [5, 5.41) is 10.2. The van der Waals surface area contributed by atoms with Crippen molar-refractivity contribution in [3.63, 3.8) is 0 Å². The number of anilines is 1. The van der Waals surface area contributed by atoms with Gasteiger partial charge in [0.1, 0.15) is 4.88 Å². The normalized spacial score (nSPS) is 14.2. The number of aromatic carboxylic acids is 1. The summed E-state index contributed by atoms with van der Waals surface area (Å²) >= 11 is 1.26. The van der Waals surface area contributed by atoms with E-state index in [9.17, 15) is 9.90 Å². The van der Waals surface area contributed by atoms with Crippen LogP contribution in [0.4, 0.5) is 5.13 Å². The standard InChI is InChI=1S/C15H16N2O2S/c1-17(9-10-7-8-10)15-16-12(13(20-15)14(18)19)11-5-3-2-4-6-11/h2-6,10H,7-9H2,1H3,(H,18,19). The van der Waals surface area contributed by atoms with Crippen LogP contribution in [0.1, 0.15) is 22.5 Å². The van der Waals surface area contributed by atoms with Crippen molar-refractivity contribution >= 4 is 22.4 Å². The Balaban J connectivity index is 1.95. The van der Waals surface area contributed by atoms with E-state index in [1.54, 1.807) is 0 Å². The molecular weight excluding hydrogens is 272 g/mol. The number of thiazole rings is 1. The van der Waals surface area contributed by atoms with Gasteiger partial charge in [-0.05, 0) is 18.8 Å². The van der Waals surface area contributed by atoms with Crippen LogP contribution in [0.2, 0.25) is 0 Å². The number of hydrogen-bond donors (Lipinski definition) is 1. The first-order valence-corrected chi connectivity index (χ1v) is 7.47. The molecule has 104 valence electrons. The third-order valence-electron chi connectivity index (χ3n) is 3.41. The van der Waals surface area contributed by atoms with Crippen LogP contribution >= 0.6 is 11.3 Å². The summed E-state index contributed by atoms with van der Waals surface area (Å²) in [4.78, 5) is 18.3. The fraction of sp³-hybridized carbons (Fsp3) is 0.333.